The van der Waals surface area contributed by atoms with Gasteiger partial charge in [0.15, 0.2) is 0 Å². The molecule has 1 amide bonds. The van der Waals surface area contributed by atoms with Gasteiger partial charge in [0.05, 0.1) is 22.3 Å². The molecule has 0 aliphatic carbocycles. The molecule has 0 bridgehead atoms. The molecule has 1 N–H and O–H groups in total. The van der Waals surface area contributed by atoms with Crippen molar-refractivity contribution in [3.8, 4) is 11.5 Å². The van der Waals surface area contributed by atoms with Gasteiger partial charge in [-0.25, -0.2) is 0 Å². The quantitative estimate of drug-likeness (QED) is 0.541. The molecule has 1 atom stereocenters. The van der Waals surface area contributed by atoms with Gasteiger partial charge in [-0.1, -0.05) is 11.8 Å². The maximum absolute atomic E-state index is 12.6. The maximum atomic E-state index is 12.6. The Hall–Kier alpha value is -2.81. The van der Waals surface area contributed by atoms with Crippen LogP contribution in [0.25, 0.3) is 11.5 Å². The molecule has 0 unspecified atom stereocenters. The number of carbonyl (C=O) groups is 1. The second kappa shape index (κ2) is 9.34. The SMILES string of the molecule is CCN(CC)c1ccc(-c2nnc(S[C@@H](C)C(=O)Nc3c(C)nn(C)c3C)o2)cc1. The number of benzene rings is 1. The van der Waals surface area contributed by atoms with Gasteiger partial charge in [0.2, 0.25) is 11.8 Å². The number of nitrogens with one attached hydrogen (secondary N) is 1. The maximum Gasteiger partial charge on any atom is 0.277 e. The van der Waals surface area contributed by atoms with Crippen LogP contribution in [-0.4, -0.2) is 44.2 Å². The van der Waals surface area contributed by atoms with Crippen molar-refractivity contribution in [1.29, 1.82) is 0 Å². The summed E-state index contributed by atoms with van der Waals surface area (Å²) >= 11 is 1.23. The summed E-state index contributed by atoms with van der Waals surface area (Å²) in [5.41, 5.74) is 4.45. The summed E-state index contributed by atoms with van der Waals surface area (Å²) in [5, 5.41) is 15.5. The standard InChI is InChI=1S/C21H28N6O2S/c1-7-27(8-2)17-11-9-16(10-12-17)20-23-24-21(29-20)30-15(5)19(28)22-18-13(3)25-26(6)14(18)4/h9-12,15H,7-8H2,1-6H3,(H,22,28)/t15-/m0/s1. The molecule has 8 nitrogen and oxygen atoms in total. The van der Waals surface area contributed by atoms with E-state index in [-0.39, 0.29) is 5.91 Å². The Labute approximate surface area is 181 Å². The summed E-state index contributed by atoms with van der Waals surface area (Å²) in [6.45, 7) is 11.8. The molecule has 0 spiro atoms. The molecule has 9 heteroatoms. The normalized spacial score (nSPS) is 12.1. The number of hydrogen-bond donors (Lipinski definition) is 1. The second-order valence-corrected chi connectivity index (χ2v) is 8.30. The zero-order chi connectivity index (χ0) is 21.8. The van der Waals surface area contributed by atoms with Gasteiger partial charge >= 0.3 is 0 Å². The van der Waals surface area contributed by atoms with Crippen LogP contribution in [0.3, 0.4) is 0 Å². The number of carbonyl (C=O) groups excluding carboxylic acids is 1. The number of rotatable bonds is 8. The molecule has 0 radical (unpaired) electrons. The minimum atomic E-state index is -0.401. The fourth-order valence-corrected chi connectivity index (χ4v) is 3.85. The van der Waals surface area contributed by atoms with E-state index in [1.54, 1.807) is 4.68 Å². The highest BCUT2D eigenvalue weighted by atomic mass is 32.2. The Kier molecular flexibility index (Phi) is 6.81. The number of aryl methyl sites for hydroxylation is 2. The van der Waals surface area contributed by atoms with Crippen molar-refractivity contribution in [2.45, 2.75) is 45.1 Å². The molecule has 0 aliphatic rings. The minimum absolute atomic E-state index is 0.137. The van der Waals surface area contributed by atoms with Crippen molar-refractivity contribution in [2.75, 3.05) is 23.3 Å². The Morgan fingerprint density at radius 2 is 1.87 bits per heavy atom. The topological polar surface area (TPSA) is 89.1 Å². The summed E-state index contributed by atoms with van der Waals surface area (Å²) in [7, 11) is 1.85. The zero-order valence-corrected chi connectivity index (χ0v) is 19.1. The highest BCUT2D eigenvalue weighted by Gasteiger charge is 2.21. The van der Waals surface area contributed by atoms with Crippen molar-refractivity contribution in [2.24, 2.45) is 7.05 Å². The third-order valence-electron chi connectivity index (χ3n) is 5.05. The van der Waals surface area contributed by atoms with E-state index in [9.17, 15) is 4.79 Å². The van der Waals surface area contributed by atoms with Crippen LogP contribution in [0.1, 0.15) is 32.2 Å². The molecular weight excluding hydrogens is 400 g/mol. The van der Waals surface area contributed by atoms with Crippen molar-refractivity contribution in [3.63, 3.8) is 0 Å². The first-order chi connectivity index (χ1) is 14.3. The lowest BCUT2D eigenvalue weighted by molar-refractivity contribution is -0.115. The molecular formula is C21H28N6O2S. The third-order valence-corrected chi connectivity index (χ3v) is 5.99. The summed E-state index contributed by atoms with van der Waals surface area (Å²) in [6.07, 6.45) is 0. The first-order valence-corrected chi connectivity index (χ1v) is 10.9. The molecule has 1 aromatic carbocycles. The van der Waals surface area contributed by atoms with Crippen molar-refractivity contribution in [3.05, 3.63) is 35.7 Å². The Bertz CT molecular complexity index is 1010. The predicted octanol–water partition coefficient (Wildman–Crippen LogP) is 4.05. The number of hydrogen-bond acceptors (Lipinski definition) is 7. The van der Waals surface area contributed by atoms with Gasteiger partial charge in [0, 0.05) is 31.4 Å². The molecule has 2 heterocycles. The lowest BCUT2D eigenvalue weighted by Gasteiger charge is -2.20. The summed E-state index contributed by atoms with van der Waals surface area (Å²) in [6, 6.07) is 8.04. The van der Waals surface area contributed by atoms with Gasteiger partial charge in [0.1, 0.15) is 0 Å². The Morgan fingerprint density at radius 1 is 1.20 bits per heavy atom. The molecule has 0 aliphatic heterocycles. The van der Waals surface area contributed by atoms with Gasteiger partial charge in [-0.2, -0.15) is 5.10 Å². The van der Waals surface area contributed by atoms with E-state index >= 15 is 0 Å². The van der Waals surface area contributed by atoms with Crippen LogP contribution in [0.2, 0.25) is 0 Å². The smallest absolute Gasteiger partial charge is 0.277 e. The van der Waals surface area contributed by atoms with Crippen LogP contribution >= 0.6 is 11.8 Å². The van der Waals surface area contributed by atoms with Crippen LogP contribution < -0.4 is 10.2 Å². The van der Waals surface area contributed by atoms with E-state index in [1.807, 2.05) is 52.1 Å². The van der Waals surface area contributed by atoms with E-state index in [0.717, 1.165) is 41.4 Å². The van der Waals surface area contributed by atoms with E-state index in [2.05, 4.69) is 39.4 Å². The Morgan fingerprint density at radius 3 is 2.43 bits per heavy atom. The van der Waals surface area contributed by atoms with Gasteiger partial charge in [-0.3, -0.25) is 9.48 Å². The van der Waals surface area contributed by atoms with Gasteiger partial charge < -0.3 is 14.6 Å². The molecule has 3 rings (SSSR count). The monoisotopic (exact) mass is 428 g/mol. The van der Waals surface area contributed by atoms with Crippen molar-refractivity contribution < 1.29 is 9.21 Å². The minimum Gasteiger partial charge on any atom is -0.411 e. The summed E-state index contributed by atoms with van der Waals surface area (Å²) < 4.78 is 7.52. The molecule has 160 valence electrons. The van der Waals surface area contributed by atoms with E-state index in [4.69, 9.17) is 4.42 Å². The number of anilines is 2. The lowest BCUT2D eigenvalue weighted by atomic mass is 10.2. The van der Waals surface area contributed by atoms with Crippen molar-refractivity contribution in [1.82, 2.24) is 20.0 Å². The van der Waals surface area contributed by atoms with Crippen LogP contribution in [0, 0.1) is 13.8 Å². The summed E-state index contributed by atoms with van der Waals surface area (Å²) in [5.74, 6) is 0.303. The van der Waals surface area contributed by atoms with E-state index in [1.165, 1.54) is 11.8 Å². The van der Waals surface area contributed by atoms with Crippen LogP contribution in [0.4, 0.5) is 11.4 Å². The van der Waals surface area contributed by atoms with Crippen LogP contribution in [0.5, 0.6) is 0 Å². The number of thioether (sulfide) groups is 1. The van der Waals surface area contributed by atoms with Gasteiger partial charge in [-0.05, 0) is 58.9 Å². The average molecular weight is 429 g/mol. The molecule has 0 saturated carbocycles. The number of amides is 1. The number of aromatic nitrogens is 4. The molecule has 2 aromatic heterocycles. The zero-order valence-electron chi connectivity index (χ0n) is 18.3. The average Bonchev–Trinajstić information content (AvgIpc) is 3.29. The molecule has 30 heavy (non-hydrogen) atoms. The van der Waals surface area contributed by atoms with Crippen molar-refractivity contribution >= 4 is 29.0 Å². The first kappa shape index (κ1) is 21.9. The first-order valence-electron chi connectivity index (χ1n) is 10.0. The Balaban J connectivity index is 1.65. The number of nitrogens with zero attached hydrogens (tertiary/aromatic N) is 5. The molecule has 0 saturated heterocycles. The highest BCUT2D eigenvalue weighted by Crippen LogP contribution is 2.28. The lowest BCUT2D eigenvalue weighted by Crippen LogP contribution is -2.23. The predicted molar refractivity (Wildman–Crippen MR) is 120 cm³/mol. The van der Waals surface area contributed by atoms with E-state index in [0.29, 0.717) is 11.1 Å². The van der Waals surface area contributed by atoms with Crippen LogP contribution in [0.15, 0.2) is 33.9 Å². The second-order valence-electron chi connectivity index (χ2n) is 7.01. The molecule has 0 fully saturated rings. The van der Waals surface area contributed by atoms with Gasteiger partial charge in [0.25, 0.3) is 5.22 Å². The summed E-state index contributed by atoms with van der Waals surface area (Å²) in [4.78, 5) is 14.9. The van der Waals surface area contributed by atoms with E-state index < -0.39 is 5.25 Å². The fourth-order valence-electron chi connectivity index (χ4n) is 3.16. The third kappa shape index (κ3) is 4.67. The largest absolute Gasteiger partial charge is 0.411 e. The fraction of sp³-hybridized carbons (Fsp3) is 0.429. The van der Waals surface area contributed by atoms with Gasteiger partial charge in [-0.15, -0.1) is 10.2 Å². The van der Waals surface area contributed by atoms with Crippen LogP contribution in [-0.2, 0) is 11.8 Å². The molecule has 3 aromatic rings. The highest BCUT2D eigenvalue weighted by molar-refractivity contribution is 8.00.